The van der Waals surface area contributed by atoms with Crippen molar-refractivity contribution in [2.24, 2.45) is 5.92 Å². The monoisotopic (exact) mass is 658 g/mol. The molecular formula is C35H38N4O5S2. The number of rotatable bonds is 11. The molecule has 1 amide bonds. The normalized spacial score (nSPS) is 14.5. The van der Waals surface area contributed by atoms with Crippen LogP contribution in [0.25, 0.3) is 22.1 Å². The van der Waals surface area contributed by atoms with Crippen LogP contribution >= 0.6 is 23.1 Å². The number of anilines is 1. The van der Waals surface area contributed by atoms with Crippen molar-refractivity contribution >= 4 is 45.1 Å². The van der Waals surface area contributed by atoms with Crippen molar-refractivity contribution < 1.29 is 18.4 Å². The number of ether oxygens (including phenoxy) is 1. The van der Waals surface area contributed by atoms with Gasteiger partial charge < -0.3 is 23.8 Å². The molecule has 9 nitrogen and oxygen atoms in total. The lowest BCUT2D eigenvalue weighted by molar-refractivity contribution is -0.121. The van der Waals surface area contributed by atoms with E-state index in [9.17, 15) is 9.59 Å². The fourth-order valence-corrected chi connectivity index (χ4v) is 7.16. The zero-order valence-corrected chi connectivity index (χ0v) is 27.9. The quantitative estimate of drug-likeness (QED) is 0.0871. The molecule has 5 aromatic rings. The summed E-state index contributed by atoms with van der Waals surface area (Å²) in [4.78, 5) is 36.3. The minimum atomic E-state index is -0.385. The fourth-order valence-electron chi connectivity index (χ4n) is 5.43. The lowest BCUT2D eigenvalue weighted by Crippen LogP contribution is -2.38. The number of nitrogens with one attached hydrogen (secondary N) is 1. The molecule has 11 heteroatoms. The summed E-state index contributed by atoms with van der Waals surface area (Å²) >= 11 is 3.08. The summed E-state index contributed by atoms with van der Waals surface area (Å²) in [5.74, 6) is 2.86. The Morgan fingerprint density at radius 2 is 1.87 bits per heavy atom. The zero-order chi connectivity index (χ0) is 32.1. The van der Waals surface area contributed by atoms with E-state index in [4.69, 9.17) is 13.6 Å². The molecular weight excluding hydrogens is 621 g/mol. The third-order valence-electron chi connectivity index (χ3n) is 7.99. The van der Waals surface area contributed by atoms with Crippen LogP contribution in [0.5, 0.6) is 5.75 Å². The van der Waals surface area contributed by atoms with E-state index in [1.165, 1.54) is 17.4 Å². The highest BCUT2D eigenvalue weighted by Gasteiger charge is 2.25. The van der Waals surface area contributed by atoms with Crippen LogP contribution in [-0.2, 0) is 16.0 Å². The minimum absolute atomic E-state index is 0.0244. The molecule has 0 aliphatic carbocycles. The van der Waals surface area contributed by atoms with Gasteiger partial charge in [0.25, 0.3) is 0 Å². The largest absolute Gasteiger partial charge is 0.493 e. The van der Waals surface area contributed by atoms with Gasteiger partial charge in [0.2, 0.25) is 11.8 Å². The van der Waals surface area contributed by atoms with Gasteiger partial charge in [-0.15, -0.1) is 11.8 Å². The average Bonchev–Trinajstić information content (AvgIpc) is 3.72. The van der Waals surface area contributed by atoms with Crippen molar-refractivity contribution in [2.45, 2.75) is 55.4 Å². The highest BCUT2D eigenvalue weighted by molar-refractivity contribution is 8.00. The molecule has 0 spiro atoms. The predicted molar refractivity (Wildman–Crippen MR) is 183 cm³/mol. The van der Waals surface area contributed by atoms with Gasteiger partial charge in [0.05, 0.1) is 29.0 Å². The first kappa shape index (κ1) is 32.0. The van der Waals surface area contributed by atoms with E-state index in [0.29, 0.717) is 34.7 Å². The third-order valence-corrected chi connectivity index (χ3v) is 10.1. The van der Waals surface area contributed by atoms with Crippen LogP contribution in [0.3, 0.4) is 0 Å². The molecule has 1 aliphatic rings. The highest BCUT2D eigenvalue weighted by Crippen LogP contribution is 2.33. The van der Waals surface area contributed by atoms with Gasteiger partial charge in [-0.2, -0.15) is 0 Å². The number of hydrogen-bond acceptors (Lipinski definition) is 10. The number of oxazole rings is 1. The van der Waals surface area contributed by atoms with Gasteiger partial charge in [-0.1, -0.05) is 62.4 Å². The topological polar surface area (TPSA) is 111 Å². The summed E-state index contributed by atoms with van der Waals surface area (Å²) in [6.07, 6.45) is 6.07. The van der Waals surface area contributed by atoms with Gasteiger partial charge in [-0.05, 0) is 55.6 Å². The second-order valence-electron chi connectivity index (χ2n) is 12.5. The van der Waals surface area contributed by atoms with Gasteiger partial charge in [-0.3, -0.25) is 4.79 Å². The second kappa shape index (κ2) is 14.2. The first-order chi connectivity index (χ1) is 22.2. The summed E-state index contributed by atoms with van der Waals surface area (Å²) < 4.78 is 18.4. The van der Waals surface area contributed by atoms with Crippen LogP contribution in [0, 0.1) is 5.92 Å². The Kier molecular flexibility index (Phi) is 9.91. The van der Waals surface area contributed by atoms with Crippen LogP contribution in [0.4, 0.5) is 5.13 Å². The Labute approximate surface area is 276 Å². The molecule has 1 saturated heterocycles. The first-order valence-electron chi connectivity index (χ1n) is 15.5. The molecule has 1 aliphatic heterocycles. The number of carbonyl (C=O) groups is 1. The Bertz CT molecular complexity index is 1840. The van der Waals surface area contributed by atoms with E-state index in [0.717, 1.165) is 65.4 Å². The van der Waals surface area contributed by atoms with Crippen molar-refractivity contribution in [1.82, 2.24) is 14.9 Å². The number of thiazole rings is 1. The smallest absolute Gasteiger partial charge is 0.336 e. The van der Waals surface area contributed by atoms with Gasteiger partial charge in [-0.25, -0.2) is 14.8 Å². The maximum Gasteiger partial charge on any atom is 0.336 e. The zero-order valence-electron chi connectivity index (χ0n) is 26.3. The molecule has 0 atom stereocenters. The van der Waals surface area contributed by atoms with Crippen LogP contribution in [0.15, 0.2) is 84.8 Å². The Morgan fingerprint density at radius 3 is 2.63 bits per heavy atom. The maximum absolute atomic E-state index is 13.0. The molecule has 46 heavy (non-hydrogen) atoms. The summed E-state index contributed by atoms with van der Waals surface area (Å²) in [7, 11) is 0. The number of carbonyl (C=O) groups excluding carboxylic acids is 1. The van der Waals surface area contributed by atoms with Crippen LogP contribution in [0.2, 0.25) is 0 Å². The average molecular weight is 659 g/mol. The van der Waals surface area contributed by atoms with Gasteiger partial charge >= 0.3 is 5.63 Å². The summed E-state index contributed by atoms with van der Waals surface area (Å²) in [5, 5.41) is 4.51. The number of hydrogen-bond donors (Lipinski definition) is 1. The molecule has 240 valence electrons. The minimum Gasteiger partial charge on any atom is -0.493 e. The van der Waals surface area contributed by atoms with E-state index >= 15 is 0 Å². The summed E-state index contributed by atoms with van der Waals surface area (Å²) in [6.45, 7) is 9.47. The Morgan fingerprint density at radius 1 is 1.07 bits per heavy atom. The molecule has 1 fully saturated rings. The molecule has 0 bridgehead atoms. The number of benzene rings is 2. The Balaban J connectivity index is 0.914. The van der Waals surface area contributed by atoms with Gasteiger partial charge in [0.15, 0.2) is 5.13 Å². The Hall–Kier alpha value is -3.93. The van der Waals surface area contributed by atoms with Crippen molar-refractivity contribution in [2.75, 3.05) is 31.6 Å². The molecule has 2 aromatic carbocycles. The van der Waals surface area contributed by atoms with Gasteiger partial charge in [0.1, 0.15) is 17.1 Å². The van der Waals surface area contributed by atoms with Crippen molar-refractivity contribution in [3.05, 3.63) is 89.1 Å². The van der Waals surface area contributed by atoms with Crippen LogP contribution < -0.4 is 15.7 Å². The third kappa shape index (κ3) is 8.07. The fraction of sp³-hybridized carbons (Fsp3) is 0.371. The number of amides is 1. The number of fused-ring (bicyclic) bond motifs is 1. The highest BCUT2D eigenvalue weighted by atomic mass is 32.2. The van der Waals surface area contributed by atoms with Crippen molar-refractivity contribution in [3.8, 4) is 16.9 Å². The number of nitrogens with zero attached hydrogens (tertiary/aromatic N) is 3. The van der Waals surface area contributed by atoms with Crippen LogP contribution in [-0.4, -0.2) is 47.0 Å². The van der Waals surface area contributed by atoms with E-state index in [2.05, 4.69) is 41.0 Å². The molecule has 0 unspecified atom stereocenters. The van der Waals surface area contributed by atoms with E-state index in [1.807, 2.05) is 42.5 Å². The number of aromatic nitrogens is 2. The van der Waals surface area contributed by atoms with E-state index < -0.39 is 0 Å². The van der Waals surface area contributed by atoms with Crippen molar-refractivity contribution in [1.29, 1.82) is 0 Å². The standard InChI is InChI=1S/C35H38N4O5S2/c1-35(2,3)29-20-36-30(44-29)22-45-32-21-37-34(46-32)38-33(41)24-12-15-39(16-13-24)14-7-17-42-25-10-11-26-27(23-8-5-4-6-9-23)19-31(40)43-28(26)18-25/h4-6,8-11,18-21,24H,7,12-17,22H2,1-3H3,(H,37,38,41). The second-order valence-corrected chi connectivity index (χ2v) is 14.8. The molecule has 6 rings (SSSR count). The number of likely N-dealkylation sites (tertiary alicyclic amines) is 1. The van der Waals surface area contributed by atoms with E-state index in [1.54, 1.807) is 30.2 Å². The lowest BCUT2D eigenvalue weighted by atomic mass is 9.94. The summed E-state index contributed by atoms with van der Waals surface area (Å²) in [5.41, 5.74) is 1.87. The molecule has 0 radical (unpaired) electrons. The molecule has 1 N–H and O–H groups in total. The lowest BCUT2D eigenvalue weighted by Gasteiger charge is -2.31. The van der Waals surface area contributed by atoms with Crippen LogP contribution in [0.1, 0.15) is 51.7 Å². The molecule has 3 aromatic heterocycles. The maximum atomic E-state index is 13.0. The van der Waals surface area contributed by atoms with Gasteiger partial charge in [0, 0.05) is 35.4 Å². The van der Waals surface area contributed by atoms with Crippen molar-refractivity contribution in [3.63, 3.8) is 0 Å². The SMILES string of the molecule is CC(C)(C)c1cnc(CSc2cnc(NC(=O)C3CCN(CCCOc4ccc5c(-c6ccccc6)cc(=O)oc5c4)CC3)s2)o1. The van der Waals surface area contributed by atoms with E-state index in [-0.39, 0.29) is 22.9 Å². The number of piperidine rings is 1. The molecule has 0 saturated carbocycles. The number of thioether (sulfide) groups is 1. The first-order valence-corrected chi connectivity index (χ1v) is 17.3. The molecule has 4 heterocycles. The summed E-state index contributed by atoms with van der Waals surface area (Å²) in [6, 6.07) is 17.0. The predicted octanol–water partition coefficient (Wildman–Crippen LogP) is 7.61.